The van der Waals surface area contributed by atoms with Gasteiger partial charge in [-0.1, -0.05) is 6.07 Å². The molecular weight excluding hydrogens is 336 g/mol. The van der Waals surface area contributed by atoms with Gasteiger partial charge in [-0.15, -0.1) is 0 Å². The maximum Gasteiger partial charge on any atom is 0.283 e. The Balaban J connectivity index is 1.69. The van der Waals surface area contributed by atoms with Crippen molar-refractivity contribution in [2.24, 2.45) is 0 Å². The van der Waals surface area contributed by atoms with Crippen LogP contribution in [0.4, 0.5) is 5.69 Å². The third kappa shape index (κ3) is 4.95. The van der Waals surface area contributed by atoms with E-state index in [1.165, 1.54) is 0 Å². The fraction of sp³-hybridized carbons (Fsp3) is 0.357. The summed E-state index contributed by atoms with van der Waals surface area (Å²) in [5.41, 5.74) is 1.02. The summed E-state index contributed by atoms with van der Waals surface area (Å²) in [5.74, 6) is 0. The van der Waals surface area contributed by atoms with E-state index in [-0.39, 0.29) is 10.6 Å². The zero-order valence-corrected chi connectivity index (χ0v) is 13.1. The number of aryl methyl sites for hydroxylation is 1. The van der Waals surface area contributed by atoms with Gasteiger partial charge in [0.1, 0.15) is 0 Å². The maximum absolute atomic E-state index is 10.8. The van der Waals surface area contributed by atoms with Crippen molar-refractivity contribution in [3.63, 3.8) is 0 Å². The molecule has 0 aliphatic rings. The lowest BCUT2D eigenvalue weighted by molar-refractivity contribution is -0.385. The molecule has 2 aromatic rings. The highest BCUT2D eigenvalue weighted by Gasteiger charge is 2.11. The molecule has 1 heterocycles. The van der Waals surface area contributed by atoms with Crippen LogP contribution in [0.15, 0.2) is 41.4 Å². The lowest BCUT2D eigenvalue weighted by atomic mass is 10.2. The molecule has 2 rings (SSSR count). The normalized spacial score (nSPS) is 10.7. The largest absolute Gasteiger partial charge is 0.337 e. The van der Waals surface area contributed by atoms with Gasteiger partial charge in [0.15, 0.2) is 0 Å². The van der Waals surface area contributed by atoms with E-state index in [0.717, 1.165) is 31.5 Å². The summed E-state index contributed by atoms with van der Waals surface area (Å²) >= 11 is 3.18. The molecule has 0 aliphatic carbocycles. The molecule has 112 valence electrons. The Hall–Kier alpha value is -1.73. The van der Waals surface area contributed by atoms with Crippen molar-refractivity contribution in [2.75, 3.05) is 6.54 Å². The number of hydrogen-bond donors (Lipinski definition) is 1. The second-order valence-corrected chi connectivity index (χ2v) is 5.58. The van der Waals surface area contributed by atoms with Crippen LogP contribution in [-0.4, -0.2) is 21.0 Å². The number of unbranched alkanes of at least 4 members (excludes halogenated alkanes) is 1. The molecule has 0 radical (unpaired) electrons. The third-order valence-corrected chi connectivity index (χ3v) is 3.79. The number of halogens is 1. The van der Waals surface area contributed by atoms with Gasteiger partial charge in [0.25, 0.3) is 5.69 Å². The number of imidazole rings is 1. The van der Waals surface area contributed by atoms with Gasteiger partial charge in [-0.05, 0) is 46.9 Å². The second kappa shape index (κ2) is 7.90. The number of nitrogens with zero attached hydrogens (tertiary/aromatic N) is 3. The first-order valence-electron chi connectivity index (χ1n) is 6.76. The Bertz CT molecular complexity index is 587. The molecule has 7 heteroatoms. The standard InChI is InChI=1S/C14H17BrN4O2/c15-13-4-3-12(9-14(13)19(20)21)10-16-5-1-2-7-18-8-6-17-11-18/h3-4,6,8-9,11,16H,1-2,5,7,10H2. The Morgan fingerprint density at radius 3 is 2.95 bits per heavy atom. The van der Waals surface area contributed by atoms with Gasteiger partial charge in [-0.25, -0.2) is 4.98 Å². The average molecular weight is 353 g/mol. The van der Waals surface area contributed by atoms with Gasteiger partial charge in [0.2, 0.25) is 0 Å². The Kier molecular flexibility index (Phi) is 5.89. The van der Waals surface area contributed by atoms with E-state index >= 15 is 0 Å². The van der Waals surface area contributed by atoms with Crippen LogP contribution in [-0.2, 0) is 13.1 Å². The van der Waals surface area contributed by atoms with Crippen LogP contribution < -0.4 is 5.32 Å². The summed E-state index contributed by atoms with van der Waals surface area (Å²) in [6.07, 6.45) is 7.67. The lowest BCUT2D eigenvalue weighted by Crippen LogP contribution is -2.15. The molecule has 0 fully saturated rings. The second-order valence-electron chi connectivity index (χ2n) is 4.73. The molecule has 1 aromatic carbocycles. The topological polar surface area (TPSA) is 73.0 Å². The van der Waals surface area contributed by atoms with E-state index in [1.54, 1.807) is 18.3 Å². The first-order valence-corrected chi connectivity index (χ1v) is 7.55. The molecule has 0 bridgehead atoms. The van der Waals surface area contributed by atoms with Crippen molar-refractivity contribution in [3.8, 4) is 0 Å². The molecule has 6 nitrogen and oxygen atoms in total. The zero-order valence-electron chi connectivity index (χ0n) is 11.5. The van der Waals surface area contributed by atoms with Gasteiger partial charge in [-0.2, -0.15) is 0 Å². The molecular formula is C14H17BrN4O2. The van der Waals surface area contributed by atoms with Crippen molar-refractivity contribution in [1.82, 2.24) is 14.9 Å². The summed E-state index contributed by atoms with van der Waals surface area (Å²) < 4.78 is 2.56. The van der Waals surface area contributed by atoms with Crippen LogP contribution >= 0.6 is 15.9 Å². The predicted octanol–water partition coefficient (Wildman–Crippen LogP) is 3.12. The van der Waals surface area contributed by atoms with Gasteiger partial charge < -0.3 is 9.88 Å². The van der Waals surface area contributed by atoms with Crippen LogP contribution in [0.3, 0.4) is 0 Å². The molecule has 0 aliphatic heterocycles. The van der Waals surface area contributed by atoms with Crippen molar-refractivity contribution in [3.05, 3.63) is 57.1 Å². The molecule has 21 heavy (non-hydrogen) atoms. The third-order valence-electron chi connectivity index (χ3n) is 3.12. The van der Waals surface area contributed by atoms with E-state index in [2.05, 4.69) is 30.8 Å². The van der Waals surface area contributed by atoms with Crippen molar-refractivity contribution in [2.45, 2.75) is 25.9 Å². The van der Waals surface area contributed by atoms with Crippen molar-refractivity contribution >= 4 is 21.6 Å². The van der Waals surface area contributed by atoms with E-state index in [0.29, 0.717) is 11.0 Å². The molecule has 0 atom stereocenters. The molecule has 1 aromatic heterocycles. The molecule has 0 unspecified atom stereocenters. The quantitative estimate of drug-likeness (QED) is 0.450. The van der Waals surface area contributed by atoms with E-state index in [4.69, 9.17) is 0 Å². The number of nitro groups is 1. The molecule has 0 amide bonds. The average Bonchev–Trinajstić information content (AvgIpc) is 2.97. The van der Waals surface area contributed by atoms with E-state index in [9.17, 15) is 10.1 Å². The Labute approximate surface area is 131 Å². The fourth-order valence-corrected chi connectivity index (χ4v) is 2.40. The van der Waals surface area contributed by atoms with Crippen LogP contribution in [0.5, 0.6) is 0 Å². The lowest BCUT2D eigenvalue weighted by Gasteiger charge is -2.06. The highest BCUT2D eigenvalue weighted by molar-refractivity contribution is 9.10. The highest BCUT2D eigenvalue weighted by atomic mass is 79.9. The summed E-state index contributed by atoms with van der Waals surface area (Å²) in [7, 11) is 0. The predicted molar refractivity (Wildman–Crippen MR) is 84.0 cm³/mol. The minimum absolute atomic E-state index is 0.106. The first kappa shape index (κ1) is 15.7. The van der Waals surface area contributed by atoms with Crippen LogP contribution in [0, 0.1) is 10.1 Å². The van der Waals surface area contributed by atoms with Gasteiger partial charge >= 0.3 is 0 Å². The van der Waals surface area contributed by atoms with Gasteiger partial charge in [-0.3, -0.25) is 10.1 Å². The van der Waals surface area contributed by atoms with Crippen LogP contribution in [0.2, 0.25) is 0 Å². The number of nitro benzene ring substituents is 1. The maximum atomic E-state index is 10.8. The number of hydrogen-bond acceptors (Lipinski definition) is 4. The van der Waals surface area contributed by atoms with Crippen LogP contribution in [0.1, 0.15) is 18.4 Å². The highest BCUT2D eigenvalue weighted by Crippen LogP contribution is 2.25. The summed E-state index contributed by atoms with van der Waals surface area (Å²) in [5, 5.41) is 14.2. The molecule has 0 saturated heterocycles. The molecule has 1 N–H and O–H groups in total. The zero-order chi connectivity index (χ0) is 15.1. The number of rotatable bonds is 8. The van der Waals surface area contributed by atoms with Crippen LogP contribution in [0.25, 0.3) is 0 Å². The smallest absolute Gasteiger partial charge is 0.283 e. The van der Waals surface area contributed by atoms with Crippen molar-refractivity contribution in [1.29, 1.82) is 0 Å². The number of nitrogens with one attached hydrogen (secondary N) is 1. The molecule has 0 spiro atoms. The summed E-state index contributed by atoms with van der Waals surface area (Å²) in [6.45, 7) is 2.49. The number of benzene rings is 1. The first-order chi connectivity index (χ1) is 10.2. The van der Waals surface area contributed by atoms with Gasteiger partial charge in [0.05, 0.1) is 15.7 Å². The van der Waals surface area contributed by atoms with Crippen molar-refractivity contribution < 1.29 is 4.92 Å². The minimum atomic E-state index is -0.376. The fourth-order valence-electron chi connectivity index (χ4n) is 2.00. The number of aromatic nitrogens is 2. The Morgan fingerprint density at radius 1 is 1.38 bits per heavy atom. The molecule has 0 saturated carbocycles. The Morgan fingerprint density at radius 2 is 2.24 bits per heavy atom. The van der Waals surface area contributed by atoms with E-state index < -0.39 is 0 Å². The van der Waals surface area contributed by atoms with E-state index in [1.807, 2.05) is 18.6 Å². The summed E-state index contributed by atoms with van der Waals surface area (Å²) in [4.78, 5) is 14.5. The van der Waals surface area contributed by atoms with Gasteiger partial charge in [0, 0.05) is 31.5 Å². The monoisotopic (exact) mass is 352 g/mol. The summed E-state index contributed by atoms with van der Waals surface area (Å²) in [6, 6.07) is 5.20. The minimum Gasteiger partial charge on any atom is -0.337 e. The SMILES string of the molecule is O=[N+]([O-])c1cc(CNCCCCn2ccnc2)ccc1Br.